The lowest BCUT2D eigenvalue weighted by Gasteiger charge is -2.39. The number of hydrogen-bond donors (Lipinski definition) is 1. The van der Waals surface area contributed by atoms with Gasteiger partial charge in [-0.1, -0.05) is 0 Å². The number of hydrogen-bond acceptors (Lipinski definition) is 4. The Balaban J connectivity index is 1.98. The molecule has 122 valence electrons. The van der Waals surface area contributed by atoms with Crippen molar-refractivity contribution in [3.8, 4) is 0 Å². The number of nitrogens with one attached hydrogen (secondary N) is 1. The highest BCUT2D eigenvalue weighted by atomic mass is 32.2. The van der Waals surface area contributed by atoms with Gasteiger partial charge in [0.15, 0.2) is 15.8 Å². The molecular weight excluding hydrogens is 288 g/mol. The summed E-state index contributed by atoms with van der Waals surface area (Å²) in [5.41, 5.74) is 0. The zero-order chi connectivity index (χ0) is 15.5. The maximum atomic E-state index is 12.1. The number of aliphatic imine (C=N–C) groups is 1. The first-order valence-electron chi connectivity index (χ1n) is 7.83. The summed E-state index contributed by atoms with van der Waals surface area (Å²) >= 11 is 0. The molecule has 6 nitrogen and oxygen atoms in total. The molecule has 0 atom stereocenters. The first-order chi connectivity index (χ1) is 9.86. The van der Waals surface area contributed by atoms with Crippen molar-refractivity contribution < 1.29 is 8.42 Å². The van der Waals surface area contributed by atoms with E-state index in [1.165, 1.54) is 19.5 Å². The molecule has 0 aliphatic carbocycles. The van der Waals surface area contributed by atoms with Gasteiger partial charge in [0.25, 0.3) is 0 Å². The second-order valence-electron chi connectivity index (χ2n) is 6.43. The van der Waals surface area contributed by atoms with E-state index in [1.807, 2.05) is 6.92 Å². The number of guanidine groups is 1. The molecule has 0 amide bonds. The van der Waals surface area contributed by atoms with Crippen LogP contribution in [0.3, 0.4) is 0 Å². The van der Waals surface area contributed by atoms with E-state index < -0.39 is 14.6 Å². The number of rotatable bonds is 4. The molecule has 2 aliphatic heterocycles. The first kappa shape index (κ1) is 16.5. The fourth-order valence-electron chi connectivity index (χ4n) is 2.65. The van der Waals surface area contributed by atoms with E-state index in [2.05, 4.69) is 20.1 Å². The van der Waals surface area contributed by atoms with Crippen LogP contribution >= 0.6 is 0 Å². The van der Waals surface area contributed by atoms with Crippen molar-refractivity contribution in [2.24, 2.45) is 4.99 Å². The zero-order valence-corrected chi connectivity index (χ0v) is 14.2. The average molecular weight is 316 g/mol. The quantitative estimate of drug-likeness (QED) is 0.591. The predicted octanol–water partition coefficient (Wildman–Crippen LogP) is 0.167. The van der Waals surface area contributed by atoms with Crippen LogP contribution in [0.1, 0.15) is 27.2 Å². The summed E-state index contributed by atoms with van der Waals surface area (Å²) in [6.45, 7) is 11.6. The molecule has 7 heteroatoms. The summed E-state index contributed by atoms with van der Waals surface area (Å²) < 4.78 is 23.5. The van der Waals surface area contributed by atoms with Crippen LogP contribution in [0.5, 0.6) is 0 Å². The van der Waals surface area contributed by atoms with Crippen molar-refractivity contribution in [2.75, 3.05) is 51.6 Å². The number of nitrogens with zero attached hydrogens (tertiary/aromatic N) is 3. The van der Waals surface area contributed by atoms with Gasteiger partial charge in [-0.15, -0.1) is 0 Å². The van der Waals surface area contributed by atoms with Crippen LogP contribution in [0.15, 0.2) is 4.99 Å². The second kappa shape index (κ2) is 6.52. The van der Waals surface area contributed by atoms with Crippen LogP contribution in [-0.2, 0) is 9.84 Å². The molecule has 21 heavy (non-hydrogen) atoms. The van der Waals surface area contributed by atoms with E-state index in [0.717, 1.165) is 25.6 Å². The Morgan fingerprint density at radius 3 is 2.52 bits per heavy atom. The molecule has 2 rings (SSSR count). The molecule has 0 unspecified atom stereocenters. The molecule has 1 N–H and O–H groups in total. The molecular formula is C14H28N4O2S. The van der Waals surface area contributed by atoms with Gasteiger partial charge in [-0.2, -0.15) is 0 Å². The van der Waals surface area contributed by atoms with E-state index in [9.17, 15) is 8.42 Å². The minimum Gasteiger partial charge on any atom is -0.357 e. The van der Waals surface area contributed by atoms with Crippen LogP contribution in [0.25, 0.3) is 0 Å². The molecule has 0 saturated carbocycles. The van der Waals surface area contributed by atoms with E-state index >= 15 is 0 Å². The summed E-state index contributed by atoms with van der Waals surface area (Å²) in [5.74, 6) is 1.05. The van der Waals surface area contributed by atoms with Crippen molar-refractivity contribution in [1.82, 2.24) is 15.1 Å². The highest BCUT2D eigenvalue weighted by Gasteiger charge is 2.40. The number of sulfone groups is 1. The molecule has 2 aliphatic rings. The molecule has 0 aromatic rings. The summed E-state index contributed by atoms with van der Waals surface area (Å²) in [5, 5.41) is 3.29. The third-order valence-electron chi connectivity index (χ3n) is 4.30. The molecule has 2 fully saturated rings. The van der Waals surface area contributed by atoms with Crippen molar-refractivity contribution >= 4 is 15.8 Å². The minimum absolute atomic E-state index is 0.205. The van der Waals surface area contributed by atoms with Gasteiger partial charge in [0.2, 0.25) is 0 Å². The van der Waals surface area contributed by atoms with Gasteiger partial charge >= 0.3 is 0 Å². The van der Waals surface area contributed by atoms with Crippen LogP contribution in [-0.4, -0.2) is 80.5 Å². The Morgan fingerprint density at radius 1 is 1.29 bits per heavy atom. The lowest BCUT2D eigenvalue weighted by atomic mass is 10.2. The fourth-order valence-corrected chi connectivity index (χ4v) is 4.02. The van der Waals surface area contributed by atoms with Gasteiger partial charge in [-0.05, 0) is 40.3 Å². The third kappa shape index (κ3) is 3.88. The summed E-state index contributed by atoms with van der Waals surface area (Å²) in [4.78, 5) is 9.14. The highest BCUT2D eigenvalue weighted by molar-refractivity contribution is 7.92. The summed E-state index contributed by atoms with van der Waals surface area (Å²) in [6.07, 6.45) is 1.29. The third-order valence-corrected chi connectivity index (χ3v) is 6.84. The van der Waals surface area contributed by atoms with E-state index in [1.54, 1.807) is 13.8 Å². The number of likely N-dealkylation sites (tertiary alicyclic amines) is 1. The SMILES string of the molecule is CCNC(=NCCN1CCC1)N1CCS(=O)(=O)C(C)(C)C1. The molecule has 0 aromatic carbocycles. The normalized spacial score (nSPS) is 25.5. The largest absolute Gasteiger partial charge is 0.357 e. The lowest BCUT2D eigenvalue weighted by Crippen LogP contribution is -2.57. The highest BCUT2D eigenvalue weighted by Crippen LogP contribution is 2.23. The second-order valence-corrected chi connectivity index (χ2v) is 9.17. The van der Waals surface area contributed by atoms with Gasteiger partial charge < -0.3 is 15.1 Å². The summed E-state index contributed by atoms with van der Waals surface area (Å²) in [7, 11) is -3.00. The van der Waals surface area contributed by atoms with E-state index in [0.29, 0.717) is 13.1 Å². The predicted molar refractivity (Wildman–Crippen MR) is 86.5 cm³/mol. The lowest BCUT2D eigenvalue weighted by molar-refractivity contribution is 0.187. The Hall–Kier alpha value is -0.820. The Kier molecular flexibility index (Phi) is 5.14. The maximum absolute atomic E-state index is 12.1. The van der Waals surface area contributed by atoms with E-state index in [4.69, 9.17) is 0 Å². The Morgan fingerprint density at radius 2 is 2.00 bits per heavy atom. The Bertz CT molecular complexity index is 483. The first-order valence-corrected chi connectivity index (χ1v) is 9.49. The zero-order valence-electron chi connectivity index (χ0n) is 13.4. The maximum Gasteiger partial charge on any atom is 0.194 e. The average Bonchev–Trinajstić information content (AvgIpc) is 2.34. The van der Waals surface area contributed by atoms with Crippen LogP contribution in [0.4, 0.5) is 0 Å². The monoisotopic (exact) mass is 316 g/mol. The van der Waals surface area contributed by atoms with Gasteiger partial charge in [-0.25, -0.2) is 8.42 Å². The standard InChI is InChI=1S/C14H28N4O2S/c1-4-15-13(16-6-9-17-7-5-8-17)18-10-11-21(19,20)14(2,3)12-18/h4-12H2,1-3H3,(H,15,16). The van der Waals surface area contributed by atoms with Crippen molar-refractivity contribution in [2.45, 2.75) is 31.9 Å². The Labute approximate surface area is 128 Å². The topological polar surface area (TPSA) is 65.0 Å². The van der Waals surface area contributed by atoms with Gasteiger partial charge in [-0.3, -0.25) is 4.99 Å². The molecule has 2 saturated heterocycles. The molecule has 2 heterocycles. The van der Waals surface area contributed by atoms with Crippen molar-refractivity contribution in [3.63, 3.8) is 0 Å². The smallest absolute Gasteiger partial charge is 0.194 e. The van der Waals surface area contributed by atoms with Crippen molar-refractivity contribution in [1.29, 1.82) is 0 Å². The van der Waals surface area contributed by atoms with Gasteiger partial charge in [0, 0.05) is 26.2 Å². The molecule has 0 aromatic heterocycles. The fraction of sp³-hybridized carbons (Fsp3) is 0.929. The summed E-state index contributed by atoms with van der Waals surface area (Å²) in [6, 6.07) is 0. The molecule has 0 radical (unpaired) electrons. The molecule has 0 bridgehead atoms. The minimum atomic E-state index is -3.00. The molecule has 0 spiro atoms. The van der Waals surface area contributed by atoms with Gasteiger partial charge in [0.1, 0.15) is 0 Å². The van der Waals surface area contributed by atoms with E-state index in [-0.39, 0.29) is 5.75 Å². The van der Waals surface area contributed by atoms with Crippen LogP contribution in [0, 0.1) is 0 Å². The van der Waals surface area contributed by atoms with Gasteiger partial charge in [0.05, 0.1) is 17.0 Å². The van der Waals surface area contributed by atoms with Crippen molar-refractivity contribution in [3.05, 3.63) is 0 Å². The van der Waals surface area contributed by atoms with Crippen LogP contribution < -0.4 is 5.32 Å². The van der Waals surface area contributed by atoms with Crippen LogP contribution in [0.2, 0.25) is 0 Å².